The molecule has 0 aromatic heterocycles. The second-order valence-corrected chi connectivity index (χ2v) is 6.57. The zero-order valence-corrected chi connectivity index (χ0v) is 16.5. The molecule has 0 spiro atoms. The van der Waals surface area contributed by atoms with Crippen molar-refractivity contribution in [1.29, 1.82) is 5.41 Å². The van der Waals surface area contributed by atoms with Gasteiger partial charge in [-0.2, -0.15) is 0 Å². The van der Waals surface area contributed by atoms with Gasteiger partial charge in [0.1, 0.15) is 5.82 Å². The summed E-state index contributed by atoms with van der Waals surface area (Å²) in [5.74, 6) is -0.315. The van der Waals surface area contributed by atoms with Crippen molar-refractivity contribution in [3.8, 4) is 0 Å². The van der Waals surface area contributed by atoms with Crippen molar-refractivity contribution in [2.24, 2.45) is 15.7 Å². The molecule has 0 heterocycles. The molecule has 3 N–H and O–H groups in total. The number of aliphatic imine (C=N–C) groups is 2. The molecule has 1 aliphatic rings. The van der Waals surface area contributed by atoms with Crippen LogP contribution in [-0.2, 0) is 0 Å². The SMILES string of the molecule is C=C/C(=C\C=C/C)c1cc(F)ccc1C1CC(=N)C(=C(\C)N=C)/C(=N\CN)C1. The van der Waals surface area contributed by atoms with Crippen molar-refractivity contribution < 1.29 is 4.39 Å². The first-order chi connectivity index (χ1) is 13.5. The van der Waals surface area contributed by atoms with E-state index in [-0.39, 0.29) is 18.4 Å². The van der Waals surface area contributed by atoms with Crippen LogP contribution in [0.25, 0.3) is 5.57 Å². The van der Waals surface area contributed by atoms with E-state index in [0.29, 0.717) is 29.8 Å². The second-order valence-electron chi connectivity index (χ2n) is 6.57. The first-order valence-corrected chi connectivity index (χ1v) is 9.21. The van der Waals surface area contributed by atoms with E-state index in [0.717, 1.165) is 22.4 Å². The maximum Gasteiger partial charge on any atom is 0.123 e. The molecule has 0 amide bonds. The summed E-state index contributed by atoms with van der Waals surface area (Å²) in [6.07, 6.45) is 8.56. The zero-order chi connectivity index (χ0) is 20.7. The number of nitrogens with zero attached hydrogens (tertiary/aromatic N) is 2. The minimum absolute atomic E-state index is 0.0104. The maximum atomic E-state index is 14.0. The van der Waals surface area contributed by atoms with Crippen molar-refractivity contribution in [2.45, 2.75) is 32.6 Å². The highest BCUT2D eigenvalue weighted by atomic mass is 19.1. The lowest BCUT2D eigenvalue weighted by atomic mass is 9.76. The number of allylic oxidation sites excluding steroid dienone is 7. The molecule has 146 valence electrons. The van der Waals surface area contributed by atoms with Crippen molar-refractivity contribution >= 4 is 23.7 Å². The first-order valence-electron chi connectivity index (χ1n) is 9.21. The lowest BCUT2D eigenvalue weighted by Gasteiger charge is -2.29. The number of halogens is 1. The van der Waals surface area contributed by atoms with Gasteiger partial charge in [-0.3, -0.25) is 9.98 Å². The minimum atomic E-state index is -0.305. The summed E-state index contributed by atoms with van der Waals surface area (Å²) in [7, 11) is 0. The van der Waals surface area contributed by atoms with Gasteiger partial charge in [0.25, 0.3) is 0 Å². The molecule has 1 saturated carbocycles. The van der Waals surface area contributed by atoms with Gasteiger partial charge in [-0.25, -0.2) is 4.39 Å². The average molecular weight is 378 g/mol. The highest BCUT2D eigenvalue weighted by Gasteiger charge is 2.30. The molecule has 0 radical (unpaired) electrons. The van der Waals surface area contributed by atoms with Gasteiger partial charge < -0.3 is 11.1 Å². The molecule has 5 heteroatoms. The highest BCUT2D eigenvalue weighted by Crippen LogP contribution is 2.37. The third-order valence-corrected chi connectivity index (χ3v) is 4.82. The number of nitrogens with two attached hydrogens (primary N) is 1. The summed E-state index contributed by atoms with van der Waals surface area (Å²) < 4.78 is 14.0. The molecule has 28 heavy (non-hydrogen) atoms. The molecule has 1 aliphatic carbocycles. The van der Waals surface area contributed by atoms with Crippen molar-refractivity contribution in [1.82, 2.24) is 0 Å². The van der Waals surface area contributed by atoms with E-state index in [1.807, 2.05) is 32.1 Å². The van der Waals surface area contributed by atoms with Gasteiger partial charge in [0.05, 0.1) is 6.67 Å². The summed E-state index contributed by atoms with van der Waals surface area (Å²) in [5, 5.41) is 8.56. The Kier molecular flexibility index (Phi) is 7.52. The molecule has 0 saturated heterocycles. The normalized spacial score (nSPS) is 21.3. The van der Waals surface area contributed by atoms with Crippen LogP contribution in [0.5, 0.6) is 0 Å². The van der Waals surface area contributed by atoms with Gasteiger partial charge in [-0.15, -0.1) is 0 Å². The van der Waals surface area contributed by atoms with Crippen LogP contribution in [0.4, 0.5) is 4.39 Å². The Balaban J connectivity index is 2.58. The molecule has 2 rings (SSSR count). The molecule has 0 bridgehead atoms. The van der Waals surface area contributed by atoms with E-state index in [1.165, 1.54) is 12.1 Å². The van der Waals surface area contributed by atoms with E-state index < -0.39 is 0 Å². The van der Waals surface area contributed by atoms with Crippen molar-refractivity contribution in [3.05, 3.63) is 77.3 Å². The zero-order valence-electron chi connectivity index (χ0n) is 16.5. The topological polar surface area (TPSA) is 74.6 Å². The van der Waals surface area contributed by atoms with Crippen LogP contribution in [-0.4, -0.2) is 24.8 Å². The summed E-state index contributed by atoms with van der Waals surface area (Å²) >= 11 is 0. The van der Waals surface area contributed by atoms with E-state index in [1.54, 1.807) is 12.1 Å². The van der Waals surface area contributed by atoms with Crippen LogP contribution in [0.3, 0.4) is 0 Å². The van der Waals surface area contributed by atoms with Crippen LogP contribution < -0.4 is 5.73 Å². The lowest BCUT2D eigenvalue weighted by molar-refractivity contribution is 0.624. The maximum absolute atomic E-state index is 14.0. The van der Waals surface area contributed by atoms with Crippen molar-refractivity contribution in [3.63, 3.8) is 0 Å². The molecule has 1 aromatic rings. The van der Waals surface area contributed by atoms with E-state index in [2.05, 4.69) is 23.3 Å². The number of rotatable bonds is 6. The third kappa shape index (κ3) is 4.67. The fourth-order valence-corrected chi connectivity index (χ4v) is 3.51. The summed E-state index contributed by atoms with van der Waals surface area (Å²) in [6, 6.07) is 4.78. The Morgan fingerprint density at radius 1 is 1.39 bits per heavy atom. The largest absolute Gasteiger partial charge is 0.312 e. The van der Waals surface area contributed by atoms with Gasteiger partial charge in [0.2, 0.25) is 0 Å². The standard InChI is InChI=1S/C23H27FN4/c1-5-7-8-16(6-2)20-13-18(24)9-10-19(20)17-11-21(26)23(15(3)27-4)22(12-17)28-14-25/h5-10,13,17,26H,2,4,11-12,14,25H2,1,3H3/b7-5-,16-8+,23-15-,26-21?,28-22-. The minimum Gasteiger partial charge on any atom is -0.312 e. The Labute approximate surface area is 166 Å². The van der Waals surface area contributed by atoms with Crippen LogP contribution in [0.15, 0.2) is 70.3 Å². The van der Waals surface area contributed by atoms with Crippen LogP contribution in [0.1, 0.15) is 43.7 Å². The Hall–Kier alpha value is -2.92. The van der Waals surface area contributed by atoms with Crippen LogP contribution in [0.2, 0.25) is 0 Å². The van der Waals surface area contributed by atoms with Crippen molar-refractivity contribution in [2.75, 3.05) is 6.67 Å². The molecule has 1 fully saturated rings. The molecular weight excluding hydrogens is 351 g/mol. The fraction of sp³-hybridized carbons (Fsp3) is 0.261. The van der Waals surface area contributed by atoms with Gasteiger partial charge in [-0.05, 0) is 68.2 Å². The van der Waals surface area contributed by atoms with E-state index >= 15 is 0 Å². The third-order valence-electron chi connectivity index (χ3n) is 4.82. The van der Waals surface area contributed by atoms with Gasteiger partial charge in [0, 0.05) is 22.7 Å². The van der Waals surface area contributed by atoms with E-state index in [4.69, 9.17) is 11.1 Å². The molecular formula is C23H27FN4. The van der Waals surface area contributed by atoms with Gasteiger partial charge in [-0.1, -0.05) is 36.9 Å². The van der Waals surface area contributed by atoms with E-state index in [9.17, 15) is 4.39 Å². The quantitative estimate of drug-likeness (QED) is 0.518. The van der Waals surface area contributed by atoms with Crippen LogP contribution in [0, 0.1) is 11.2 Å². The molecule has 1 aromatic carbocycles. The lowest BCUT2D eigenvalue weighted by Crippen LogP contribution is -2.27. The molecule has 1 atom stereocenters. The first kappa shape index (κ1) is 21.4. The monoisotopic (exact) mass is 378 g/mol. The Bertz CT molecular complexity index is 903. The van der Waals surface area contributed by atoms with Gasteiger partial charge >= 0.3 is 0 Å². The summed E-state index contributed by atoms with van der Waals surface area (Å²) in [4.78, 5) is 8.39. The Morgan fingerprint density at radius 2 is 2.14 bits per heavy atom. The summed E-state index contributed by atoms with van der Waals surface area (Å²) in [6.45, 7) is 11.3. The number of hydrogen-bond acceptors (Lipinski definition) is 4. The predicted molar refractivity (Wildman–Crippen MR) is 118 cm³/mol. The molecule has 0 aliphatic heterocycles. The second kappa shape index (κ2) is 9.85. The van der Waals surface area contributed by atoms with Crippen LogP contribution >= 0.6 is 0 Å². The Morgan fingerprint density at radius 3 is 2.75 bits per heavy atom. The average Bonchev–Trinajstić information content (AvgIpc) is 2.68. The highest BCUT2D eigenvalue weighted by molar-refractivity contribution is 6.26. The fourth-order valence-electron chi connectivity index (χ4n) is 3.51. The number of nitrogens with one attached hydrogen (secondary N) is 1. The smallest absolute Gasteiger partial charge is 0.123 e. The molecule has 4 nitrogen and oxygen atoms in total. The summed E-state index contributed by atoms with van der Waals surface area (Å²) in [5.41, 5.74) is 10.8. The molecule has 1 unspecified atom stereocenters. The number of hydrogen-bond donors (Lipinski definition) is 2. The predicted octanol–water partition coefficient (Wildman–Crippen LogP) is 5.20. The van der Waals surface area contributed by atoms with Gasteiger partial charge in [0.15, 0.2) is 0 Å². The number of benzene rings is 1.